The molecule has 0 aromatic heterocycles. The Bertz CT molecular complexity index is 799. The average molecular weight is 319 g/mol. The summed E-state index contributed by atoms with van der Waals surface area (Å²) >= 11 is 0. The number of aryl methyl sites for hydroxylation is 1. The molecule has 0 spiro atoms. The molecule has 1 N–H and O–H groups in total. The number of fused-ring (bicyclic) bond motifs is 1. The Hall–Kier alpha value is -2.81. The third-order valence-electron chi connectivity index (χ3n) is 3.94. The predicted octanol–water partition coefficient (Wildman–Crippen LogP) is 4.95. The second kappa shape index (κ2) is 8.16. The number of benzene rings is 3. The van der Waals surface area contributed by atoms with Crippen molar-refractivity contribution in [1.29, 1.82) is 0 Å². The smallest absolute Gasteiger partial charge is 0.410 e. The van der Waals surface area contributed by atoms with Crippen molar-refractivity contribution in [2.45, 2.75) is 19.3 Å². The van der Waals surface area contributed by atoms with Gasteiger partial charge < -0.3 is 10.1 Å². The van der Waals surface area contributed by atoms with E-state index in [4.69, 9.17) is 4.74 Å². The molecule has 0 radical (unpaired) electrons. The Morgan fingerprint density at radius 1 is 0.833 bits per heavy atom. The highest BCUT2D eigenvalue weighted by Gasteiger charge is 2.04. The van der Waals surface area contributed by atoms with Crippen molar-refractivity contribution >= 4 is 16.9 Å². The molecule has 0 bridgehead atoms. The van der Waals surface area contributed by atoms with E-state index in [9.17, 15) is 4.79 Å². The van der Waals surface area contributed by atoms with E-state index in [0.717, 1.165) is 30.0 Å². The van der Waals surface area contributed by atoms with E-state index in [-0.39, 0.29) is 0 Å². The summed E-state index contributed by atoms with van der Waals surface area (Å²) in [5.41, 5.74) is 1.33. The van der Waals surface area contributed by atoms with Gasteiger partial charge in [0.15, 0.2) is 0 Å². The Morgan fingerprint density at radius 3 is 2.42 bits per heavy atom. The second-order valence-corrected chi connectivity index (χ2v) is 5.77. The SMILES string of the molecule is O=C(NCCCCc1ccccc1)Oc1ccc2ccccc2c1. The molecule has 3 heteroatoms. The minimum Gasteiger partial charge on any atom is -0.410 e. The molecule has 122 valence electrons. The van der Waals surface area contributed by atoms with Crippen LogP contribution in [0, 0.1) is 0 Å². The summed E-state index contributed by atoms with van der Waals surface area (Å²) in [5, 5.41) is 5.00. The van der Waals surface area contributed by atoms with Crippen LogP contribution in [0.2, 0.25) is 0 Å². The van der Waals surface area contributed by atoms with Gasteiger partial charge in [-0.15, -0.1) is 0 Å². The standard InChI is InChI=1S/C21H21NO2/c23-21(22-15-7-6-10-17-8-2-1-3-9-17)24-20-14-13-18-11-4-5-12-19(18)16-20/h1-5,8-9,11-14,16H,6-7,10,15H2,(H,22,23). The van der Waals surface area contributed by atoms with E-state index in [2.05, 4.69) is 29.6 Å². The number of amides is 1. The zero-order chi connectivity index (χ0) is 16.6. The van der Waals surface area contributed by atoms with Crippen LogP contribution < -0.4 is 10.1 Å². The summed E-state index contributed by atoms with van der Waals surface area (Å²) in [4.78, 5) is 11.8. The van der Waals surface area contributed by atoms with Crippen LogP contribution in [0.3, 0.4) is 0 Å². The van der Waals surface area contributed by atoms with E-state index in [0.29, 0.717) is 12.3 Å². The molecule has 3 aromatic rings. The number of carbonyl (C=O) groups excluding carboxylic acids is 1. The van der Waals surface area contributed by atoms with Crippen LogP contribution >= 0.6 is 0 Å². The van der Waals surface area contributed by atoms with Crippen molar-refractivity contribution in [3.05, 3.63) is 78.4 Å². The van der Waals surface area contributed by atoms with Gasteiger partial charge in [0.1, 0.15) is 5.75 Å². The molecule has 1 amide bonds. The maximum Gasteiger partial charge on any atom is 0.412 e. The van der Waals surface area contributed by atoms with Crippen LogP contribution in [0.15, 0.2) is 72.8 Å². The molecule has 0 heterocycles. The molecule has 0 aliphatic rings. The predicted molar refractivity (Wildman–Crippen MR) is 97.4 cm³/mol. The maximum absolute atomic E-state index is 11.8. The zero-order valence-corrected chi connectivity index (χ0v) is 13.6. The summed E-state index contributed by atoms with van der Waals surface area (Å²) in [7, 11) is 0. The lowest BCUT2D eigenvalue weighted by Crippen LogP contribution is -2.27. The van der Waals surface area contributed by atoms with E-state index < -0.39 is 6.09 Å². The Labute approximate surface area is 142 Å². The molecule has 3 nitrogen and oxygen atoms in total. The highest BCUT2D eigenvalue weighted by atomic mass is 16.5. The summed E-state index contributed by atoms with van der Waals surface area (Å²) in [6, 6.07) is 24.0. The summed E-state index contributed by atoms with van der Waals surface area (Å²) in [6.07, 6.45) is 2.61. The van der Waals surface area contributed by atoms with Crippen LogP contribution in [0.1, 0.15) is 18.4 Å². The van der Waals surface area contributed by atoms with Crippen molar-refractivity contribution in [2.24, 2.45) is 0 Å². The van der Waals surface area contributed by atoms with Gasteiger partial charge in [-0.25, -0.2) is 4.79 Å². The van der Waals surface area contributed by atoms with Gasteiger partial charge in [0.05, 0.1) is 0 Å². The Kier molecular flexibility index (Phi) is 5.46. The average Bonchev–Trinajstić information content (AvgIpc) is 2.62. The third-order valence-corrected chi connectivity index (χ3v) is 3.94. The second-order valence-electron chi connectivity index (χ2n) is 5.77. The molecule has 0 fully saturated rings. The van der Waals surface area contributed by atoms with Crippen molar-refractivity contribution in [1.82, 2.24) is 5.32 Å². The van der Waals surface area contributed by atoms with Crippen LogP contribution in [0.4, 0.5) is 4.79 Å². The minimum atomic E-state index is -0.398. The lowest BCUT2D eigenvalue weighted by Gasteiger charge is -2.07. The Morgan fingerprint density at radius 2 is 1.58 bits per heavy atom. The molecule has 0 atom stereocenters. The van der Waals surface area contributed by atoms with Gasteiger partial charge in [0, 0.05) is 6.54 Å². The largest absolute Gasteiger partial charge is 0.412 e. The summed E-state index contributed by atoms with van der Waals surface area (Å²) in [5.74, 6) is 0.565. The number of nitrogens with one attached hydrogen (secondary N) is 1. The molecular weight excluding hydrogens is 298 g/mol. The van der Waals surface area contributed by atoms with Gasteiger partial charge in [-0.1, -0.05) is 60.7 Å². The van der Waals surface area contributed by atoms with Crippen LogP contribution in [0.25, 0.3) is 10.8 Å². The first-order valence-electron chi connectivity index (χ1n) is 8.30. The van der Waals surface area contributed by atoms with E-state index in [1.54, 1.807) is 0 Å². The number of carbonyl (C=O) groups is 1. The molecule has 0 unspecified atom stereocenters. The zero-order valence-electron chi connectivity index (χ0n) is 13.6. The molecule has 3 aromatic carbocycles. The van der Waals surface area contributed by atoms with Crippen molar-refractivity contribution < 1.29 is 9.53 Å². The first-order chi connectivity index (χ1) is 11.8. The van der Waals surface area contributed by atoms with Crippen LogP contribution in [0.5, 0.6) is 5.75 Å². The van der Waals surface area contributed by atoms with Crippen LogP contribution in [-0.4, -0.2) is 12.6 Å². The molecule has 0 aliphatic heterocycles. The quantitative estimate of drug-likeness (QED) is 0.653. The van der Waals surface area contributed by atoms with E-state index in [1.165, 1.54) is 5.56 Å². The summed E-state index contributed by atoms with van der Waals surface area (Å²) in [6.45, 7) is 0.624. The third kappa shape index (κ3) is 4.59. The number of rotatable bonds is 6. The minimum absolute atomic E-state index is 0.398. The van der Waals surface area contributed by atoms with E-state index in [1.807, 2.05) is 48.5 Å². The molecule has 0 aliphatic carbocycles. The first-order valence-corrected chi connectivity index (χ1v) is 8.30. The van der Waals surface area contributed by atoms with Gasteiger partial charge in [0.25, 0.3) is 0 Å². The number of ether oxygens (including phenoxy) is 1. The summed E-state index contributed by atoms with van der Waals surface area (Å²) < 4.78 is 5.34. The van der Waals surface area contributed by atoms with Crippen molar-refractivity contribution in [3.63, 3.8) is 0 Å². The Balaban J connectivity index is 1.40. The monoisotopic (exact) mass is 319 g/mol. The van der Waals surface area contributed by atoms with Gasteiger partial charge in [-0.3, -0.25) is 0 Å². The van der Waals surface area contributed by atoms with Gasteiger partial charge in [-0.05, 0) is 47.7 Å². The normalized spacial score (nSPS) is 10.5. The number of hydrogen-bond donors (Lipinski definition) is 1. The topological polar surface area (TPSA) is 38.3 Å². The highest BCUT2D eigenvalue weighted by molar-refractivity contribution is 5.84. The van der Waals surface area contributed by atoms with Crippen LogP contribution in [-0.2, 0) is 6.42 Å². The molecule has 0 saturated heterocycles. The van der Waals surface area contributed by atoms with E-state index >= 15 is 0 Å². The van der Waals surface area contributed by atoms with Gasteiger partial charge in [-0.2, -0.15) is 0 Å². The molecular formula is C21H21NO2. The lowest BCUT2D eigenvalue weighted by atomic mass is 10.1. The van der Waals surface area contributed by atoms with Crippen molar-refractivity contribution in [2.75, 3.05) is 6.54 Å². The highest BCUT2D eigenvalue weighted by Crippen LogP contribution is 2.20. The van der Waals surface area contributed by atoms with Crippen molar-refractivity contribution in [3.8, 4) is 5.75 Å². The molecule has 3 rings (SSSR count). The lowest BCUT2D eigenvalue weighted by molar-refractivity contribution is 0.200. The van der Waals surface area contributed by atoms with Gasteiger partial charge in [0.2, 0.25) is 0 Å². The molecule has 24 heavy (non-hydrogen) atoms. The first kappa shape index (κ1) is 16.1. The van der Waals surface area contributed by atoms with Gasteiger partial charge >= 0.3 is 6.09 Å². The maximum atomic E-state index is 11.8. The fraction of sp³-hybridized carbons (Fsp3) is 0.190. The fourth-order valence-corrected chi connectivity index (χ4v) is 2.66. The number of hydrogen-bond acceptors (Lipinski definition) is 2. The molecule has 0 saturated carbocycles. The number of unbranched alkanes of at least 4 members (excludes halogenated alkanes) is 1. The fourth-order valence-electron chi connectivity index (χ4n) is 2.66.